The van der Waals surface area contributed by atoms with Crippen molar-refractivity contribution in [3.05, 3.63) is 24.3 Å². The van der Waals surface area contributed by atoms with E-state index in [4.69, 9.17) is 5.73 Å². The van der Waals surface area contributed by atoms with Gasteiger partial charge < -0.3 is 10.6 Å². The highest BCUT2D eigenvalue weighted by atomic mass is 32.2. The Morgan fingerprint density at radius 1 is 1.15 bits per heavy atom. The molecule has 0 amide bonds. The van der Waals surface area contributed by atoms with E-state index in [2.05, 4.69) is 37.2 Å². The van der Waals surface area contributed by atoms with E-state index in [1.165, 1.54) is 4.31 Å². The molecule has 3 aliphatic rings. The van der Waals surface area contributed by atoms with E-state index < -0.39 is 10.0 Å². The first kappa shape index (κ1) is 14.3. The molecule has 112 valence electrons. The number of nitrogens with two attached hydrogens (primary N) is 1. The first-order valence-corrected chi connectivity index (χ1v) is 8.69. The first-order chi connectivity index (χ1) is 9.43. The van der Waals surface area contributed by atoms with Crippen LogP contribution in [0.4, 0.5) is 0 Å². The molecule has 1 aliphatic heterocycles. The molecule has 2 aliphatic carbocycles. The number of rotatable bonds is 3. The van der Waals surface area contributed by atoms with Crippen LogP contribution in [0, 0.1) is 11.8 Å². The van der Waals surface area contributed by atoms with Crippen LogP contribution in [0.15, 0.2) is 24.3 Å². The number of nitrogens with zero attached hydrogens (tertiary/aromatic N) is 2. The Morgan fingerprint density at radius 2 is 1.75 bits per heavy atom. The third-order valence-corrected chi connectivity index (χ3v) is 7.10. The van der Waals surface area contributed by atoms with Crippen molar-refractivity contribution < 1.29 is 8.42 Å². The average Bonchev–Trinajstić information content (AvgIpc) is 3.15. The highest BCUT2D eigenvalue weighted by Crippen LogP contribution is 2.40. The molecule has 1 saturated heterocycles. The molecule has 0 aromatic carbocycles. The van der Waals surface area contributed by atoms with Crippen molar-refractivity contribution >= 4 is 10.0 Å². The number of hydrogen-bond acceptors (Lipinski definition) is 4. The Labute approximate surface area is 121 Å². The summed E-state index contributed by atoms with van der Waals surface area (Å²) in [5.41, 5.74) is 5.71. The Morgan fingerprint density at radius 3 is 2.35 bits per heavy atom. The van der Waals surface area contributed by atoms with E-state index in [9.17, 15) is 8.42 Å². The van der Waals surface area contributed by atoms with Crippen molar-refractivity contribution in [2.45, 2.75) is 30.3 Å². The quantitative estimate of drug-likeness (QED) is 0.604. The fourth-order valence-corrected chi connectivity index (χ4v) is 5.66. The lowest BCUT2D eigenvalue weighted by atomic mass is 9.74. The zero-order valence-electron chi connectivity index (χ0n) is 12.0. The summed E-state index contributed by atoms with van der Waals surface area (Å²) in [5, 5.41) is -0.356. The predicted octanol–water partition coefficient (Wildman–Crippen LogP) is 0.368. The zero-order valence-corrected chi connectivity index (χ0v) is 12.8. The van der Waals surface area contributed by atoms with Gasteiger partial charge in [0.25, 0.3) is 0 Å². The van der Waals surface area contributed by atoms with Crippen molar-refractivity contribution in [1.82, 2.24) is 9.21 Å². The molecule has 20 heavy (non-hydrogen) atoms. The van der Waals surface area contributed by atoms with E-state index in [1.54, 1.807) is 0 Å². The van der Waals surface area contributed by atoms with Crippen LogP contribution in [0.3, 0.4) is 0 Å². The fraction of sp³-hybridized carbons (Fsp3) is 0.714. The van der Waals surface area contributed by atoms with Crippen LogP contribution in [0.1, 0.15) is 12.8 Å². The summed E-state index contributed by atoms with van der Waals surface area (Å²) in [6, 6.07) is 0.377. The van der Waals surface area contributed by atoms with Gasteiger partial charge >= 0.3 is 0 Å². The monoisotopic (exact) mass is 297 g/mol. The van der Waals surface area contributed by atoms with Gasteiger partial charge in [-0.05, 0) is 26.9 Å². The van der Waals surface area contributed by atoms with Crippen LogP contribution in [-0.4, -0.2) is 55.7 Å². The van der Waals surface area contributed by atoms with Gasteiger partial charge in [0, 0.05) is 24.4 Å². The van der Waals surface area contributed by atoms with E-state index in [0.29, 0.717) is 19.0 Å². The number of fused-ring (bicyclic) bond motifs is 1. The normalized spacial score (nSPS) is 43.6. The van der Waals surface area contributed by atoms with E-state index in [-0.39, 0.29) is 23.3 Å². The van der Waals surface area contributed by atoms with Crippen LogP contribution < -0.4 is 5.73 Å². The maximum atomic E-state index is 12.7. The molecule has 6 unspecified atom stereocenters. The summed E-state index contributed by atoms with van der Waals surface area (Å²) in [4.78, 5) is 2.20. The third-order valence-electron chi connectivity index (χ3n) is 4.76. The number of hydrogen-bond donors (Lipinski definition) is 1. The summed E-state index contributed by atoms with van der Waals surface area (Å²) in [5.74, 6) is 0.346. The lowest BCUT2D eigenvalue weighted by molar-refractivity contribution is 0.189. The lowest BCUT2D eigenvalue weighted by Gasteiger charge is -2.42. The molecule has 1 heterocycles. The average molecular weight is 297 g/mol. The number of sulfonamides is 1. The van der Waals surface area contributed by atoms with Gasteiger partial charge in [0.2, 0.25) is 10.0 Å². The molecule has 6 heteroatoms. The zero-order chi connectivity index (χ0) is 14.5. The highest BCUT2D eigenvalue weighted by Gasteiger charge is 2.50. The van der Waals surface area contributed by atoms with Gasteiger partial charge in [-0.3, -0.25) is 0 Å². The minimum atomic E-state index is -3.27. The summed E-state index contributed by atoms with van der Waals surface area (Å²) in [7, 11) is 0.855. The largest absolute Gasteiger partial charge is 0.314 e. The van der Waals surface area contributed by atoms with Crippen LogP contribution in [0.25, 0.3) is 0 Å². The topological polar surface area (TPSA) is 66.4 Å². The van der Waals surface area contributed by atoms with Gasteiger partial charge in [-0.1, -0.05) is 24.3 Å². The summed E-state index contributed by atoms with van der Waals surface area (Å²) in [6.07, 6.45) is 9.75. The Kier molecular flexibility index (Phi) is 3.52. The second-order valence-corrected chi connectivity index (χ2v) is 8.34. The van der Waals surface area contributed by atoms with Crippen molar-refractivity contribution in [3.63, 3.8) is 0 Å². The molecule has 0 saturated carbocycles. The SMILES string of the molecule is CN(C)C1CC=CC2C1C=CCC2S(=O)(=O)N1CC1N. The van der Waals surface area contributed by atoms with Gasteiger partial charge in [0.15, 0.2) is 0 Å². The molecule has 2 N–H and O–H groups in total. The van der Waals surface area contributed by atoms with Crippen molar-refractivity contribution in [2.24, 2.45) is 17.6 Å². The smallest absolute Gasteiger partial charge is 0.219 e. The van der Waals surface area contributed by atoms with Gasteiger partial charge in [-0.15, -0.1) is 0 Å². The fourth-order valence-electron chi connectivity index (χ4n) is 3.55. The van der Waals surface area contributed by atoms with Gasteiger partial charge in [0.1, 0.15) is 0 Å². The molecule has 0 aromatic rings. The number of allylic oxidation sites excluding steroid dienone is 2. The molecular weight excluding hydrogens is 274 g/mol. The molecule has 0 aromatic heterocycles. The van der Waals surface area contributed by atoms with E-state index in [0.717, 1.165) is 6.42 Å². The van der Waals surface area contributed by atoms with Crippen LogP contribution in [-0.2, 0) is 10.0 Å². The molecule has 0 spiro atoms. The van der Waals surface area contributed by atoms with Crippen LogP contribution >= 0.6 is 0 Å². The molecule has 0 bridgehead atoms. The van der Waals surface area contributed by atoms with E-state index in [1.807, 2.05) is 6.08 Å². The summed E-state index contributed by atoms with van der Waals surface area (Å²) >= 11 is 0. The summed E-state index contributed by atoms with van der Waals surface area (Å²) in [6.45, 7) is 0.473. The summed E-state index contributed by atoms with van der Waals surface area (Å²) < 4.78 is 26.7. The Hall–Kier alpha value is -0.690. The van der Waals surface area contributed by atoms with Crippen LogP contribution in [0.5, 0.6) is 0 Å². The van der Waals surface area contributed by atoms with Crippen molar-refractivity contribution in [2.75, 3.05) is 20.6 Å². The highest BCUT2D eigenvalue weighted by molar-refractivity contribution is 7.90. The molecular formula is C14H23N3O2S. The van der Waals surface area contributed by atoms with Gasteiger partial charge in [-0.25, -0.2) is 8.42 Å². The Bertz CT molecular complexity index is 541. The third kappa shape index (κ3) is 2.24. The molecule has 0 radical (unpaired) electrons. The maximum Gasteiger partial charge on any atom is 0.219 e. The molecule has 3 rings (SSSR count). The molecule has 5 nitrogen and oxygen atoms in total. The van der Waals surface area contributed by atoms with Crippen molar-refractivity contribution in [3.8, 4) is 0 Å². The van der Waals surface area contributed by atoms with Gasteiger partial charge in [0.05, 0.1) is 11.4 Å². The standard InChI is InChI=1S/C14H23N3O2S/c1-16(2)12-7-3-6-11-10(12)5-4-8-13(11)20(18,19)17-9-14(17)15/h3-6,10-14H,7-9,15H2,1-2H3. The molecule has 1 fully saturated rings. The maximum absolute atomic E-state index is 12.7. The second kappa shape index (κ2) is 4.94. The molecule has 6 atom stereocenters. The van der Waals surface area contributed by atoms with E-state index >= 15 is 0 Å². The second-order valence-electron chi connectivity index (χ2n) is 6.23. The van der Waals surface area contributed by atoms with Gasteiger partial charge in [-0.2, -0.15) is 4.31 Å². The predicted molar refractivity (Wildman–Crippen MR) is 79.4 cm³/mol. The minimum absolute atomic E-state index is 0.0685. The first-order valence-electron chi connectivity index (χ1n) is 7.19. The minimum Gasteiger partial charge on any atom is -0.314 e. The van der Waals surface area contributed by atoms with Crippen LogP contribution in [0.2, 0.25) is 0 Å². The lowest BCUT2D eigenvalue weighted by Crippen LogP contribution is -2.47. The van der Waals surface area contributed by atoms with Crippen molar-refractivity contribution in [1.29, 1.82) is 0 Å². The Balaban J connectivity index is 1.90.